The molecule has 0 aliphatic carbocycles. The molecule has 0 aliphatic rings. The number of nitrogens with one attached hydrogen (secondary N) is 2. The molecule has 144 valence electrons. The van der Waals surface area contributed by atoms with Crippen LogP contribution in [0.1, 0.15) is 30.5 Å². The largest absolute Gasteiger partial charge is 0.495 e. The molecule has 0 saturated heterocycles. The van der Waals surface area contributed by atoms with E-state index in [1.165, 1.54) is 7.11 Å². The van der Waals surface area contributed by atoms with Gasteiger partial charge in [-0.2, -0.15) is 0 Å². The van der Waals surface area contributed by atoms with Gasteiger partial charge in [0.15, 0.2) is 0 Å². The van der Waals surface area contributed by atoms with E-state index in [4.69, 9.17) is 16.3 Å². The van der Waals surface area contributed by atoms with Gasteiger partial charge in [0, 0.05) is 11.4 Å². The van der Waals surface area contributed by atoms with Gasteiger partial charge in [0.2, 0.25) is 11.8 Å². The van der Waals surface area contributed by atoms with E-state index < -0.39 is 11.3 Å². The van der Waals surface area contributed by atoms with Gasteiger partial charge in [-0.1, -0.05) is 29.3 Å². The summed E-state index contributed by atoms with van der Waals surface area (Å²) in [4.78, 5) is 25.5. The second-order valence-electron chi connectivity index (χ2n) is 7.16. The van der Waals surface area contributed by atoms with Gasteiger partial charge in [0.05, 0.1) is 12.1 Å². The van der Waals surface area contributed by atoms with E-state index in [2.05, 4.69) is 10.6 Å². The molecule has 5 nitrogen and oxygen atoms in total. The molecule has 0 heterocycles. The number of ether oxygens (including phenoxy) is 1. The normalized spacial score (nSPS) is 11.1. The van der Waals surface area contributed by atoms with Gasteiger partial charge in [-0.25, -0.2) is 0 Å². The molecule has 0 unspecified atom stereocenters. The molecule has 27 heavy (non-hydrogen) atoms. The Balaban J connectivity index is 2.18. The van der Waals surface area contributed by atoms with Crippen LogP contribution in [0.4, 0.5) is 11.4 Å². The maximum absolute atomic E-state index is 12.8. The summed E-state index contributed by atoms with van der Waals surface area (Å²) in [7, 11) is 1.52. The zero-order chi connectivity index (χ0) is 20.4. The molecular formula is C21H25ClN2O3. The van der Waals surface area contributed by atoms with E-state index in [0.717, 1.165) is 22.4 Å². The number of carbonyl (C=O) groups excluding carboxylic acids is 2. The Labute approximate surface area is 165 Å². The quantitative estimate of drug-likeness (QED) is 0.717. The fourth-order valence-electron chi connectivity index (χ4n) is 2.78. The molecule has 0 radical (unpaired) electrons. The summed E-state index contributed by atoms with van der Waals surface area (Å²) in [5, 5.41) is 6.01. The lowest BCUT2D eigenvalue weighted by Crippen LogP contribution is -2.41. The number of hydrogen-bond donors (Lipinski definition) is 2. The molecule has 0 aliphatic heterocycles. The Morgan fingerprint density at radius 1 is 0.963 bits per heavy atom. The summed E-state index contributed by atoms with van der Waals surface area (Å²) in [5.41, 5.74) is 2.98. The van der Waals surface area contributed by atoms with Crippen LogP contribution in [-0.2, 0) is 9.59 Å². The molecule has 2 aromatic carbocycles. The van der Waals surface area contributed by atoms with Crippen molar-refractivity contribution in [2.45, 2.75) is 34.6 Å². The fourth-order valence-corrected chi connectivity index (χ4v) is 3.04. The lowest BCUT2D eigenvalue weighted by atomic mass is 9.90. The summed E-state index contributed by atoms with van der Waals surface area (Å²) >= 11 is 6.09. The van der Waals surface area contributed by atoms with Gasteiger partial charge in [-0.05, 0) is 63.9 Å². The highest BCUT2D eigenvalue weighted by Crippen LogP contribution is 2.29. The van der Waals surface area contributed by atoms with Crippen molar-refractivity contribution in [3.8, 4) is 5.75 Å². The molecule has 0 saturated carbocycles. The van der Waals surface area contributed by atoms with Crippen molar-refractivity contribution in [2.24, 2.45) is 5.41 Å². The number of rotatable bonds is 5. The number of aryl methyl sites for hydroxylation is 3. The number of carbonyl (C=O) groups is 2. The average molecular weight is 389 g/mol. The molecule has 2 rings (SSSR count). The Kier molecular flexibility index (Phi) is 6.16. The van der Waals surface area contributed by atoms with Gasteiger partial charge in [0.25, 0.3) is 0 Å². The summed E-state index contributed by atoms with van der Waals surface area (Å²) in [5.74, 6) is -0.296. The molecule has 2 amide bonds. The number of amides is 2. The highest BCUT2D eigenvalue weighted by molar-refractivity contribution is 6.32. The highest BCUT2D eigenvalue weighted by atomic mass is 35.5. The lowest BCUT2D eigenvalue weighted by Gasteiger charge is -2.24. The third-order valence-corrected chi connectivity index (χ3v) is 4.76. The second kappa shape index (κ2) is 8.01. The molecule has 0 atom stereocenters. The number of hydrogen-bond acceptors (Lipinski definition) is 3. The Hall–Kier alpha value is -2.53. The molecular weight excluding hydrogens is 364 g/mol. The first-order chi connectivity index (χ1) is 12.6. The molecule has 0 bridgehead atoms. The zero-order valence-electron chi connectivity index (χ0n) is 16.5. The van der Waals surface area contributed by atoms with Crippen molar-refractivity contribution in [3.63, 3.8) is 0 Å². The SMILES string of the molecule is COc1ccc(NC(=O)C(C)(C)C(=O)Nc2c(C)cc(C)cc2C)cc1Cl. The van der Waals surface area contributed by atoms with Crippen molar-refractivity contribution in [1.29, 1.82) is 0 Å². The Bertz CT molecular complexity index is 868. The minimum absolute atomic E-state index is 0.378. The van der Waals surface area contributed by atoms with Crippen LogP contribution in [0.2, 0.25) is 5.02 Å². The third-order valence-electron chi connectivity index (χ3n) is 4.46. The van der Waals surface area contributed by atoms with Gasteiger partial charge >= 0.3 is 0 Å². The summed E-state index contributed by atoms with van der Waals surface area (Å²) in [6.07, 6.45) is 0. The first-order valence-electron chi connectivity index (χ1n) is 8.60. The van der Waals surface area contributed by atoms with Crippen molar-refractivity contribution in [2.75, 3.05) is 17.7 Å². The standard InChI is InChI=1S/C21H25ClN2O3/c1-12-9-13(2)18(14(3)10-12)24-20(26)21(4,5)19(25)23-15-7-8-17(27-6)16(22)11-15/h7-11H,1-6H3,(H,23,25)(H,24,26). The predicted octanol–water partition coefficient (Wildman–Crippen LogP) is 4.88. The lowest BCUT2D eigenvalue weighted by molar-refractivity contribution is -0.135. The van der Waals surface area contributed by atoms with Gasteiger partial charge in [-0.3, -0.25) is 9.59 Å². The predicted molar refractivity (Wildman–Crippen MR) is 110 cm³/mol. The van der Waals surface area contributed by atoms with Crippen molar-refractivity contribution in [1.82, 2.24) is 0 Å². The molecule has 0 aromatic heterocycles. The van der Waals surface area contributed by atoms with Crippen LogP contribution in [0.25, 0.3) is 0 Å². The van der Waals surface area contributed by atoms with E-state index in [9.17, 15) is 9.59 Å². The third kappa shape index (κ3) is 4.61. The summed E-state index contributed by atoms with van der Waals surface area (Å²) in [6.45, 7) is 9.04. The average Bonchev–Trinajstić information content (AvgIpc) is 2.57. The van der Waals surface area contributed by atoms with Gasteiger partial charge in [0.1, 0.15) is 11.2 Å². The zero-order valence-corrected chi connectivity index (χ0v) is 17.2. The van der Waals surface area contributed by atoms with Crippen LogP contribution in [-0.4, -0.2) is 18.9 Å². The molecule has 0 fully saturated rings. The summed E-state index contributed by atoms with van der Waals surface area (Å²) < 4.78 is 5.10. The maximum Gasteiger partial charge on any atom is 0.239 e. The van der Waals surface area contributed by atoms with Crippen LogP contribution in [0, 0.1) is 26.2 Å². The summed E-state index contributed by atoms with van der Waals surface area (Å²) in [6, 6.07) is 8.90. The van der Waals surface area contributed by atoms with E-state index in [-0.39, 0.29) is 5.91 Å². The number of anilines is 2. The number of halogens is 1. The minimum atomic E-state index is -1.28. The van der Waals surface area contributed by atoms with E-state index in [0.29, 0.717) is 16.5 Å². The smallest absolute Gasteiger partial charge is 0.239 e. The monoisotopic (exact) mass is 388 g/mol. The Morgan fingerprint density at radius 3 is 2.04 bits per heavy atom. The first-order valence-corrected chi connectivity index (χ1v) is 8.98. The first kappa shape index (κ1) is 20.8. The van der Waals surface area contributed by atoms with Crippen molar-refractivity contribution >= 4 is 34.8 Å². The van der Waals surface area contributed by atoms with Crippen molar-refractivity contribution < 1.29 is 14.3 Å². The molecule has 2 N–H and O–H groups in total. The van der Waals surface area contributed by atoms with Crippen LogP contribution in [0.15, 0.2) is 30.3 Å². The van der Waals surface area contributed by atoms with Gasteiger partial charge in [-0.15, -0.1) is 0 Å². The van der Waals surface area contributed by atoms with Crippen LogP contribution in [0.3, 0.4) is 0 Å². The van der Waals surface area contributed by atoms with Gasteiger partial charge < -0.3 is 15.4 Å². The van der Waals surface area contributed by atoms with Crippen LogP contribution < -0.4 is 15.4 Å². The minimum Gasteiger partial charge on any atom is -0.495 e. The maximum atomic E-state index is 12.8. The van der Waals surface area contributed by atoms with E-state index >= 15 is 0 Å². The fraction of sp³-hybridized carbons (Fsp3) is 0.333. The van der Waals surface area contributed by atoms with E-state index in [1.807, 2.05) is 32.9 Å². The Morgan fingerprint density at radius 2 is 1.52 bits per heavy atom. The number of methoxy groups -OCH3 is 1. The molecule has 0 spiro atoms. The topological polar surface area (TPSA) is 67.4 Å². The number of benzene rings is 2. The highest BCUT2D eigenvalue weighted by Gasteiger charge is 2.36. The van der Waals surface area contributed by atoms with E-state index in [1.54, 1.807) is 32.0 Å². The molecule has 6 heteroatoms. The van der Waals surface area contributed by atoms with Crippen LogP contribution in [0.5, 0.6) is 5.75 Å². The van der Waals surface area contributed by atoms with Crippen molar-refractivity contribution in [3.05, 3.63) is 52.0 Å². The second-order valence-corrected chi connectivity index (χ2v) is 7.56. The molecule has 2 aromatic rings. The van der Waals surface area contributed by atoms with Crippen LogP contribution >= 0.6 is 11.6 Å².